The number of carbonyl (C=O) groups excluding carboxylic acids is 1. The molecule has 0 aliphatic rings. The molecule has 10 nitrogen and oxygen atoms in total. The van der Waals surface area contributed by atoms with Crippen molar-refractivity contribution in [3.63, 3.8) is 0 Å². The van der Waals surface area contributed by atoms with E-state index in [0.29, 0.717) is 0 Å². The zero-order chi connectivity index (χ0) is 15.4. The summed E-state index contributed by atoms with van der Waals surface area (Å²) in [5.74, 6) is 5.10. The average Bonchev–Trinajstić information content (AvgIpc) is 2.36. The lowest BCUT2D eigenvalue weighted by Gasteiger charge is -2.20. The van der Waals surface area contributed by atoms with Crippen molar-refractivity contribution in [2.75, 3.05) is 38.0 Å². The summed E-state index contributed by atoms with van der Waals surface area (Å²) < 4.78 is 0. The van der Waals surface area contributed by atoms with E-state index in [9.17, 15) is 14.9 Å². The molecule has 0 saturated heterocycles. The molecule has 0 spiro atoms. The molecule has 110 valence electrons. The van der Waals surface area contributed by atoms with Crippen LogP contribution in [0.2, 0.25) is 0 Å². The molecule has 0 unspecified atom stereocenters. The fraction of sp³-hybridized carbons (Fsp3) is 0.500. The Morgan fingerprint density at radius 3 is 2.45 bits per heavy atom. The minimum atomic E-state index is -0.582. The molecule has 1 amide bonds. The highest BCUT2D eigenvalue weighted by atomic mass is 16.6. The van der Waals surface area contributed by atoms with E-state index in [1.54, 1.807) is 14.1 Å². The number of nitro groups is 1. The van der Waals surface area contributed by atoms with Crippen molar-refractivity contribution in [2.24, 2.45) is 5.84 Å². The van der Waals surface area contributed by atoms with Gasteiger partial charge in [-0.15, -0.1) is 0 Å². The Hall–Kier alpha value is -2.49. The van der Waals surface area contributed by atoms with Gasteiger partial charge in [0.15, 0.2) is 0 Å². The van der Waals surface area contributed by atoms with E-state index in [1.807, 2.05) is 0 Å². The molecule has 0 radical (unpaired) electrons. The van der Waals surface area contributed by atoms with Gasteiger partial charge in [0, 0.05) is 21.1 Å². The first-order valence-electron chi connectivity index (χ1n) is 5.68. The maximum atomic E-state index is 11.7. The van der Waals surface area contributed by atoms with Crippen LogP contribution in [0.15, 0.2) is 0 Å². The number of aromatic nitrogens is 2. The fourth-order valence-electron chi connectivity index (χ4n) is 1.52. The van der Waals surface area contributed by atoms with Crippen molar-refractivity contribution in [1.29, 1.82) is 0 Å². The van der Waals surface area contributed by atoms with E-state index >= 15 is 0 Å². The number of nitrogens with one attached hydrogen (secondary N) is 1. The Balaban J connectivity index is 3.23. The van der Waals surface area contributed by atoms with E-state index < -0.39 is 4.92 Å². The van der Waals surface area contributed by atoms with E-state index in [-0.39, 0.29) is 35.6 Å². The van der Waals surface area contributed by atoms with Crippen LogP contribution in [0, 0.1) is 17.0 Å². The van der Waals surface area contributed by atoms with Crippen molar-refractivity contribution in [2.45, 2.75) is 6.92 Å². The smallest absolute Gasteiger partial charge is 0.332 e. The van der Waals surface area contributed by atoms with Crippen LogP contribution in [-0.4, -0.2) is 53.4 Å². The van der Waals surface area contributed by atoms with Crippen molar-refractivity contribution in [1.82, 2.24) is 14.9 Å². The summed E-state index contributed by atoms with van der Waals surface area (Å²) >= 11 is 0. The molecule has 10 heteroatoms. The van der Waals surface area contributed by atoms with Gasteiger partial charge < -0.3 is 9.80 Å². The van der Waals surface area contributed by atoms with Gasteiger partial charge in [0.1, 0.15) is 5.69 Å². The van der Waals surface area contributed by atoms with Gasteiger partial charge in [-0.2, -0.15) is 4.98 Å². The van der Waals surface area contributed by atoms with E-state index in [0.717, 1.165) is 0 Å². The maximum absolute atomic E-state index is 11.7. The SMILES string of the molecule is Cc1nc(NN)nc(N(C)CC(=O)N(C)C)c1[N+](=O)[O-]. The Labute approximate surface area is 115 Å². The van der Waals surface area contributed by atoms with E-state index in [4.69, 9.17) is 5.84 Å². The molecule has 1 aromatic rings. The van der Waals surface area contributed by atoms with E-state index in [2.05, 4.69) is 15.4 Å². The number of anilines is 2. The molecule has 0 atom stereocenters. The summed E-state index contributed by atoms with van der Waals surface area (Å²) in [5, 5.41) is 11.1. The number of hydrogen-bond donors (Lipinski definition) is 2. The second-order valence-corrected chi connectivity index (χ2v) is 4.35. The van der Waals surface area contributed by atoms with Crippen LogP contribution in [0.4, 0.5) is 17.5 Å². The molecule has 1 rings (SSSR count). The second kappa shape index (κ2) is 6.10. The van der Waals surface area contributed by atoms with Crippen LogP contribution in [0.1, 0.15) is 5.69 Å². The third kappa shape index (κ3) is 3.29. The number of amides is 1. The number of aryl methyl sites for hydroxylation is 1. The van der Waals surface area contributed by atoms with Gasteiger partial charge in [0.25, 0.3) is 0 Å². The Bertz CT molecular complexity index is 532. The number of likely N-dealkylation sites (N-methyl/N-ethyl adjacent to an activating group) is 2. The van der Waals surface area contributed by atoms with Crippen molar-refractivity contribution >= 4 is 23.4 Å². The van der Waals surface area contributed by atoms with Gasteiger partial charge in [-0.3, -0.25) is 20.3 Å². The number of nitrogen functional groups attached to an aromatic ring is 1. The number of hydrogen-bond acceptors (Lipinski definition) is 8. The van der Waals surface area contributed by atoms with Crippen LogP contribution in [-0.2, 0) is 4.79 Å². The number of nitrogens with two attached hydrogens (primary N) is 1. The van der Waals surface area contributed by atoms with Crippen LogP contribution >= 0.6 is 0 Å². The third-order valence-corrected chi connectivity index (χ3v) is 2.58. The Morgan fingerprint density at radius 1 is 1.40 bits per heavy atom. The topological polar surface area (TPSA) is 131 Å². The Morgan fingerprint density at radius 2 is 2.00 bits per heavy atom. The highest BCUT2D eigenvalue weighted by molar-refractivity contribution is 5.81. The number of hydrazine groups is 1. The summed E-state index contributed by atoms with van der Waals surface area (Å²) in [6.45, 7) is 1.43. The molecule has 0 saturated carbocycles. The minimum absolute atomic E-state index is 0.0330. The van der Waals surface area contributed by atoms with Gasteiger partial charge >= 0.3 is 5.69 Å². The van der Waals surface area contributed by atoms with Crippen molar-refractivity contribution < 1.29 is 9.72 Å². The lowest BCUT2D eigenvalue weighted by Crippen LogP contribution is -2.35. The third-order valence-electron chi connectivity index (χ3n) is 2.58. The summed E-state index contributed by atoms with van der Waals surface area (Å²) in [4.78, 5) is 32.8. The monoisotopic (exact) mass is 283 g/mol. The summed E-state index contributed by atoms with van der Waals surface area (Å²) in [6.07, 6.45) is 0. The summed E-state index contributed by atoms with van der Waals surface area (Å²) in [6, 6.07) is 0. The second-order valence-electron chi connectivity index (χ2n) is 4.35. The normalized spacial score (nSPS) is 10.1. The van der Waals surface area contributed by atoms with Crippen LogP contribution in [0.25, 0.3) is 0 Å². The number of nitrogens with zero attached hydrogens (tertiary/aromatic N) is 5. The summed E-state index contributed by atoms with van der Waals surface area (Å²) in [7, 11) is 4.74. The lowest BCUT2D eigenvalue weighted by atomic mass is 10.3. The highest BCUT2D eigenvalue weighted by Gasteiger charge is 2.26. The lowest BCUT2D eigenvalue weighted by molar-refractivity contribution is -0.385. The van der Waals surface area contributed by atoms with Gasteiger partial charge in [0.2, 0.25) is 17.7 Å². The predicted molar refractivity (Wildman–Crippen MR) is 73.2 cm³/mol. The molecule has 1 aromatic heterocycles. The highest BCUT2D eigenvalue weighted by Crippen LogP contribution is 2.28. The predicted octanol–water partition coefficient (Wildman–Crippen LogP) is -0.497. The molecular formula is C10H17N7O3. The Kier molecular flexibility index (Phi) is 4.75. The molecule has 0 bridgehead atoms. The first-order valence-corrected chi connectivity index (χ1v) is 5.68. The van der Waals surface area contributed by atoms with Crippen LogP contribution < -0.4 is 16.2 Å². The van der Waals surface area contributed by atoms with Gasteiger partial charge in [-0.05, 0) is 6.92 Å². The van der Waals surface area contributed by atoms with Gasteiger partial charge in [-0.1, -0.05) is 0 Å². The molecular weight excluding hydrogens is 266 g/mol. The first kappa shape index (κ1) is 15.6. The quantitative estimate of drug-likeness (QED) is 0.420. The van der Waals surface area contributed by atoms with Gasteiger partial charge in [0.05, 0.1) is 11.5 Å². The van der Waals surface area contributed by atoms with Crippen LogP contribution in [0.3, 0.4) is 0 Å². The standard InChI is InChI=1S/C10H17N7O3/c1-6-8(17(19)20)9(13-10(12-6)14-11)16(4)5-7(18)15(2)3/h5,11H2,1-4H3,(H,12,13,14). The largest absolute Gasteiger partial charge is 0.347 e. The molecule has 3 N–H and O–H groups in total. The molecule has 20 heavy (non-hydrogen) atoms. The zero-order valence-corrected chi connectivity index (χ0v) is 11.7. The average molecular weight is 283 g/mol. The fourth-order valence-corrected chi connectivity index (χ4v) is 1.52. The molecule has 0 aliphatic carbocycles. The molecule has 0 aromatic carbocycles. The van der Waals surface area contributed by atoms with E-state index in [1.165, 1.54) is 23.8 Å². The number of carbonyl (C=O) groups is 1. The molecule has 1 heterocycles. The zero-order valence-electron chi connectivity index (χ0n) is 11.7. The van der Waals surface area contributed by atoms with Gasteiger partial charge in [-0.25, -0.2) is 10.8 Å². The van der Waals surface area contributed by atoms with Crippen LogP contribution in [0.5, 0.6) is 0 Å². The number of rotatable bonds is 5. The van der Waals surface area contributed by atoms with Crippen molar-refractivity contribution in [3.05, 3.63) is 15.8 Å². The summed E-state index contributed by atoms with van der Waals surface area (Å²) in [5.41, 5.74) is 2.15. The first-order chi connectivity index (χ1) is 9.27. The maximum Gasteiger partial charge on any atom is 0.332 e. The minimum Gasteiger partial charge on any atom is -0.347 e. The molecule has 0 fully saturated rings. The molecule has 0 aliphatic heterocycles. The van der Waals surface area contributed by atoms with Crippen molar-refractivity contribution in [3.8, 4) is 0 Å².